The second-order valence-corrected chi connectivity index (χ2v) is 9.08. The number of anilines is 3. The van der Waals surface area contributed by atoms with Crippen LogP contribution in [-0.2, 0) is 0 Å². The van der Waals surface area contributed by atoms with Gasteiger partial charge < -0.3 is 20.9 Å². The van der Waals surface area contributed by atoms with Crippen LogP contribution in [0, 0.1) is 19.7 Å². The zero-order valence-corrected chi connectivity index (χ0v) is 20.0. The molecule has 1 aliphatic heterocycles. The Labute approximate surface area is 203 Å². The van der Waals surface area contributed by atoms with Crippen LogP contribution < -0.4 is 16.0 Å². The van der Waals surface area contributed by atoms with Gasteiger partial charge in [-0.1, -0.05) is 0 Å². The number of aromatic nitrogens is 3. The molecule has 1 amide bonds. The molecule has 0 radical (unpaired) electrons. The molecule has 3 aromatic heterocycles. The first-order chi connectivity index (χ1) is 16.8. The molecule has 0 saturated carbocycles. The van der Waals surface area contributed by atoms with Crippen molar-refractivity contribution in [2.45, 2.75) is 13.8 Å². The summed E-state index contributed by atoms with van der Waals surface area (Å²) in [6, 6.07) is 8.85. The number of pyridine rings is 2. The molecule has 1 fully saturated rings. The standard InChI is InChI=1S/C26H28FN7O/c1-16-10-18(11-17(2)24(16)33-8-6-32(3)7-9-33)19-12-21(25(28)30-13-19)26(35)31-23-14-29-22-5-4-20(27)15-34(22)23/h4-5,10-15H,6-9H2,1-3H3,(H2,28,30)(H,31,35). The number of carbonyl (C=O) groups excluding carboxylic acids is 1. The highest BCUT2D eigenvalue weighted by molar-refractivity contribution is 6.07. The molecule has 180 valence electrons. The Morgan fingerprint density at radius 2 is 1.71 bits per heavy atom. The number of hydrogen-bond donors (Lipinski definition) is 2. The number of hydrogen-bond acceptors (Lipinski definition) is 6. The molecule has 0 bridgehead atoms. The predicted molar refractivity (Wildman–Crippen MR) is 136 cm³/mol. The van der Waals surface area contributed by atoms with Gasteiger partial charge in [0, 0.05) is 49.8 Å². The van der Waals surface area contributed by atoms with E-state index in [0.29, 0.717) is 11.5 Å². The second-order valence-electron chi connectivity index (χ2n) is 9.08. The van der Waals surface area contributed by atoms with Crippen molar-refractivity contribution in [1.29, 1.82) is 0 Å². The first-order valence-corrected chi connectivity index (χ1v) is 11.5. The van der Waals surface area contributed by atoms with E-state index in [1.54, 1.807) is 12.3 Å². The number of piperazine rings is 1. The second kappa shape index (κ2) is 8.99. The molecule has 1 aromatic carbocycles. The number of nitrogens with two attached hydrogens (primary N) is 1. The van der Waals surface area contributed by atoms with E-state index >= 15 is 0 Å². The number of nitrogens with zero attached hydrogens (tertiary/aromatic N) is 5. The first-order valence-electron chi connectivity index (χ1n) is 11.5. The average Bonchev–Trinajstić information content (AvgIpc) is 3.21. The SMILES string of the molecule is Cc1cc(-c2cnc(N)c(C(=O)Nc3cnc4ccc(F)cn34)c2)cc(C)c1N1CCN(C)CC1. The maximum atomic E-state index is 13.7. The van der Waals surface area contributed by atoms with Gasteiger partial charge in [0.15, 0.2) is 0 Å². The zero-order chi connectivity index (χ0) is 24.7. The van der Waals surface area contributed by atoms with Crippen molar-refractivity contribution in [1.82, 2.24) is 19.3 Å². The number of fused-ring (bicyclic) bond motifs is 1. The summed E-state index contributed by atoms with van der Waals surface area (Å²) in [7, 11) is 2.15. The van der Waals surface area contributed by atoms with Gasteiger partial charge in [-0.25, -0.2) is 14.4 Å². The van der Waals surface area contributed by atoms with Crippen molar-refractivity contribution in [2.75, 3.05) is 49.2 Å². The first kappa shape index (κ1) is 22.8. The van der Waals surface area contributed by atoms with Gasteiger partial charge in [0.2, 0.25) is 0 Å². The van der Waals surface area contributed by atoms with Crippen LogP contribution in [0.4, 0.5) is 21.7 Å². The summed E-state index contributed by atoms with van der Waals surface area (Å²) in [5.41, 5.74) is 12.2. The number of carbonyl (C=O) groups is 1. The fraction of sp³-hybridized carbons (Fsp3) is 0.269. The minimum atomic E-state index is -0.439. The van der Waals surface area contributed by atoms with E-state index < -0.39 is 11.7 Å². The van der Waals surface area contributed by atoms with Gasteiger partial charge in [-0.15, -0.1) is 0 Å². The van der Waals surface area contributed by atoms with Crippen LogP contribution in [0.2, 0.25) is 0 Å². The summed E-state index contributed by atoms with van der Waals surface area (Å²) >= 11 is 0. The summed E-state index contributed by atoms with van der Waals surface area (Å²) in [5.74, 6) is -0.406. The Morgan fingerprint density at radius 1 is 1.00 bits per heavy atom. The Bertz CT molecular complexity index is 1400. The molecule has 4 heterocycles. The van der Waals surface area contributed by atoms with E-state index in [-0.39, 0.29) is 11.4 Å². The van der Waals surface area contributed by atoms with E-state index in [2.05, 4.69) is 58.1 Å². The van der Waals surface area contributed by atoms with Crippen molar-refractivity contribution < 1.29 is 9.18 Å². The van der Waals surface area contributed by atoms with Gasteiger partial charge in [0.1, 0.15) is 23.1 Å². The largest absolute Gasteiger partial charge is 0.383 e. The number of aryl methyl sites for hydroxylation is 2. The highest BCUT2D eigenvalue weighted by atomic mass is 19.1. The normalized spacial score (nSPS) is 14.5. The molecule has 1 saturated heterocycles. The smallest absolute Gasteiger partial charge is 0.260 e. The summed E-state index contributed by atoms with van der Waals surface area (Å²) in [6.07, 6.45) is 4.42. The van der Waals surface area contributed by atoms with Crippen molar-refractivity contribution in [2.24, 2.45) is 0 Å². The van der Waals surface area contributed by atoms with Gasteiger partial charge in [0.05, 0.1) is 11.8 Å². The van der Waals surface area contributed by atoms with Crippen molar-refractivity contribution in [3.8, 4) is 11.1 Å². The Balaban J connectivity index is 1.44. The number of rotatable bonds is 4. The summed E-state index contributed by atoms with van der Waals surface area (Å²) < 4.78 is 15.2. The number of nitrogens with one attached hydrogen (secondary N) is 1. The van der Waals surface area contributed by atoms with E-state index in [1.807, 2.05) is 0 Å². The molecule has 0 unspecified atom stereocenters. The number of benzene rings is 1. The summed E-state index contributed by atoms with van der Waals surface area (Å²) in [5, 5.41) is 2.77. The quantitative estimate of drug-likeness (QED) is 0.469. The number of amides is 1. The molecule has 35 heavy (non-hydrogen) atoms. The maximum Gasteiger partial charge on any atom is 0.260 e. The van der Waals surface area contributed by atoms with Crippen LogP contribution in [0.3, 0.4) is 0 Å². The van der Waals surface area contributed by atoms with E-state index in [1.165, 1.54) is 45.7 Å². The Hall–Kier alpha value is -3.98. The monoisotopic (exact) mass is 473 g/mol. The van der Waals surface area contributed by atoms with Crippen LogP contribution in [-0.4, -0.2) is 58.4 Å². The number of imidazole rings is 1. The number of halogens is 1. The minimum absolute atomic E-state index is 0.119. The van der Waals surface area contributed by atoms with Gasteiger partial charge in [-0.3, -0.25) is 9.20 Å². The highest BCUT2D eigenvalue weighted by Crippen LogP contribution is 2.32. The maximum absolute atomic E-state index is 13.7. The lowest BCUT2D eigenvalue weighted by atomic mass is 9.97. The van der Waals surface area contributed by atoms with Gasteiger partial charge in [-0.05, 0) is 67.9 Å². The molecule has 0 spiro atoms. The van der Waals surface area contributed by atoms with E-state index in [4.69, 9.17) is 5.73 Å². The highest BCUT2D eigenvalue weighted by Gasteiger charge is 2.20. The number of nitrogen functional groups attached to an aromatic ring is 1. The molecular formula is C26H28FN7O. The lowest BCUT2D eigenvalue weighted by Gasteiger charge is -2.36. The molecule has 3 N–H and O–H groups in total. The molecule has 1 aliphatic rings. The molecule has 4 aromatic rings. The minimum Gasteiger partial charge on any atom is -0.383 e. The molecular weight excluding hydrogens is 445 g/mol. The van der Waals surface area contributed by atoms with Crippen LogP contribution in [0.15, 0.2) is 48.9 Å². The van der Waals surface area contributed by atoms with Crippen LogP contribution in [0.1, 0.15) is 21.5 Å². The van der Waals surface area contributed by atoms with Gasteiger partial charge >= 0.3 is 0 Å². The molecule has 8 nitrogen and oxygen atoms in total. The fourth-order valence-electron chi connectivity index (χ4n) is 4.70. The lowest BCUT2D eigenvalue weighted by molar-refractivity contribution is 0.102. The van der Waals surface area contributed by atoms with Gasteiger partial charge in [-0.2, -0.15) is 0 Å². The average molecular weight is 474 g/mol. The third-order valence-electron chi connectivity index (χ3n) is 6.52. The third-order valence-corrected chi connectivity index (χ3v) is 6.52. The van der Waals surface area contributed by atoms with Crippen LogP contribution >= 0.6 is 0 Å². The lowest BCUT2D eigenvalue weighted by Crippen LogP contribution is -2.45. The van der Waals surface area contributed by atoms with E-state index in [9.17, 15) is 9.18 Å². The number of likely N-dealkylation sites (N-methyl/N-ethyl adjacent to an activating group) is 1. The Kier molecular flexibility index (Phi) is 5.86. The van der Waals surface area contributed by atoms with Crippen molar-refractivity contribution in [3.63, 3.8) is 0 Å². The van der Waals surface area contributed by atoms with E-state index in [0.717, 1.165) is 37.3 Å². The van der Waals surface area contributed by atoms with Crippen molar-refractivity contribution in [3.05, 3.63) is 71.4 Å². The third kappa shape index (κ3) is 4.42. The molecule has 5 rings (SSSR count). The molecule has 0 aliphatic carbocycles. The fourth-order valence-corrected chi connectivity index (χ4v) is 4.70. The Morgan fingerprint density at radius 3 is 2.43 bits per heavy atom. The van der Waals surface area contributed by atoms with Crippen LogP contribution in [0.5, 0.6) is 0 Å². The summed E-state index contributed by atoms with van der Waals surface area (Å²) in [6.45, 7) is 8.32. The predicted octanol–water partition coefficient (Wildman–Crippen LogP) is 3.74. The van der Waals surface area contributed by atoms with Crippen molar-refractivity contribution >= 4 is 28.9 Å². The van der Waals surface area contributed by atoms with Gasteiger partial charge in [0.25, 0.3) is 5.91 Å². The zero-order valence-electron chi connectivity index (χ0n) is 20.0. The molecule has 0 atom stereocenters. The summed E-state index contributed by atoms with van der Waals surface area (Å²) in [4.78, 5) is 26.3. The topological polar surface area (TPSA) is 91.8 Å². The molecule has 9 heteroatoms. The van der Waals surface area contributed by atoms with Crippen LogP contribution in [0.25, 0.3) is 16.8 Å².